The fourth-order valence-electron chi connectivity index (χ4n) is 6.52. The summed E-state index contributed by atoms with van der Waals surface area (Å²) in [6, 6.07) is 8.91. The van der Waals surface area contributed by atoms with Gasteiger partial charge in [0.1, 0.15) is 6.04 Å². The third-order valence-corrected chi connectivity index (χ3v) is 7.19. The lowest BCUT2D eigenvalue weighted by atomic mass is 9.47. The Morgan fingerprint density at radius 3 is 2.40 bits per heavy atom. The Hall–Kier alpha value is -2.41. The van der Waals surface area contributed by atoms with Crippen molar-refractivity contribution in [3.8, 4) is 0 Å². The molecule has 0 aromatic heterocycles. The van der Waals surface area contributed by atoms with E-state index in [1.165, 1.54) is 7.11 Å². The van der Waals surface area contributed by atoms with E-state index in [9.17, 15) is 14.4 Å². The largest absolute Gasteiger partial charge is 0.469 e. The number of amides is 2. The van der Waals surface area contributed by atoms with Gasteiger partial charge >= 0.3 is 5.97 Å². The molecule has 5 rings (SSSR count). The van der Waals surface area contributed by atoms with Crippen molar-refractivity contribution in [1.82, 2.24) is 10.6 Å². The Kier molecular flexibility index (Phi) is 5.57. The Balaban J connectivity index is 1.54. The Morgan fingerprint density at radius 2 is 1.80 bits per heavy atom. The molecule has 0 spiro atoms. The lowest BCUT2D eigenvalue weighted by molar-refractivity contribution is -0.173. The molecule has 0 unspecified atom stereocenters. The summed E-state index contributed by atoms with van der Waals surface area (Å²) in [4.78, 5) is 38.0. The number of ether oxygens (including phenoxy) is 1. The quantitative estimate of drug-likeness (QED) is 0.584. The fourth-order valence-corrected chi connectivity index (χ4v) is 6.52. The van der Waals surface area contributed by atoms with E-state index in [1.807, 2.05) is 30.3 Å². The summed E-state index contributed by atoms with van der Waals surface area (Å²) < 4.78 is 5.16. The molecule has 4 bridgehead atoms. The van der Waals surface area contributed by atoms with Gasteiger partial charge in [0.05, 0.1) is 19.1 Å². The molecule has 0 aliphatic heterocycles. The number of methoxy groups -OCH3 is 1. The normalized spacial score (nSPS) is 32.3. The zero-order valence-corrected chi connectivity index (χ0v) is 17.5. The number of hydrogen-bond donors (Lipinski definition) is 3. The molecule has 1 aromatic carbocycles. The number of hydrogen-bond acceptors (Lipinski definition) is 5. The third kappa shape index (κ3) is 3.95. The number of carbonyl (C=O) groups excluding carboxylic acids is 3. The fraction of sp³-hybridized carbons (Fsp3) is 0.609. The van der Waals surface area contributed by atoms with Crippen molar-refractivity contribution in [3.63, 3.8) is 0 Å². The molecular weight excluding hydrogens is 382 g/mol. The Morgan fingerprint density at radius 1 is 1.13 bits per heavy atom. The number of benzene rings is 1. The second kappa shape index (κ2) is 8.02. The minimum Gasteiger partial charge on any atom is -0.469 e. The highest BCUT2D eigenvalue weighted by atomic mass is 16.5. The monoisotopic (exact) mass is 413 g/mol. The van der Waals surface area contributed by atoms with Crippen LogP contribution in [0, 0.1) is 17.3 Å². The predicted octanol–water partition coefficient (Wildman–Crippen LogP) is 1.30. The van der Waals surface area contributed by atoms with Crippen LogP contribution in [0.4, 0.5) is 0 Å². The number of nitrogens with two attached hydrogens (primary N) is 1. The molecule has 0 heterocycles. The van der Waals surface area contributed by atoms with E-state index in [1.54, 1.807) is 0 Å². The highest BCUT2D eigenvalue weighted by Gasteiger charge is 2.61. The van der Waals surface area contributed by atoms with Gasteiger partial charge in [0.25, 0.3) is 0 Å². The van der Waals surface area contributed by atoms with E-state index in [0.29, 0.717) is 24.7 Å². The molecule has 162 valence electrons. The number of esters is 1. The second-order valence-electron chi connectivity index (χ2n) is 9.52. The van der Waals surface area contributed by atoms with Crippen LogP contribution >= 0.6 is 0 Å². The zero-order valence-electron chi connectivity index (χ0n) is 17.5. The lowest BCUT2D eigenvalue weighted by Crippen LogP contribution is -2.66. The van der Waals surface area contributed by atoms with Crippen molar-refractivity contribution in [3.05, 3.63) is 35.9 Å². The molecular formula is C23H31N3O4. The second-order valence-corrected chi connectivity index (χ2v) is 9.52. The van der Waals surface area contributed by atoms with Crippen LogP contribution in [0.5, 0.6) is 0 Å². The summed E-state index contributed by atoms with van der Waals surface area (Å²) in [5.74, 6) is 0.145. The molecule has 4 saturated carbocycles. The van der Waals surface area contributed by atoms with Crippen molar-refractivity contribution >= 4 is 17.8 Å². The van der Waals surface area contributed by atoms with Crippen molar-refractivity contribution in [2.45, 2.75) is 56.5 Å². The van der Waals surface area contributed by atoms with E-state index < -0.39 is 17.0 Å². The molecule has 4 aliphatic rings. The van der Waals surface area contributed by atoms with Gasteiger partial charge in [0, 0.05) is 12.0 Å². The SMILES string of the molecule is COC(=O)C12C[C@@H]3C[C@H](CC(NC(=O)[C@@H](Cc4ccccc4)NC(=O)CN)(C3)C1)C2. The van der Waals surface area contributed by atoms with Crippen LogP contribution in [0.1, 0.15) is 44.1 Å². The van der Waals surface area contributed by atoms with Crippen molar-refractivity contribution in [2.75, 3.05) is 13.7 Å². The van der Waals surface area contributed by atoms with E-state index in [4.69, 9.17) is 10.5 Å². The van der Waals surface area contributed by atoms with Crippen LogP contribution in [0.3, 0.4) is 0 Å². The molecule has 2 amide bonds. The maximum Gasteiger partial charge on any atom is 0.311 e. The molecule has 7 nitrogen and oxygen atoms in total. The summed E-state index contributed by atoms with van der Waals surface area (Å²) in [5.41, 5.74) is 5.55. The summed E-state index contributed by atoms with van der Waals surface area (Å²) in [6.45, 7) is -0.167. The van der Waals surface area contributed by atoms with Crippen LogP contribution in [0.25, 0.3) is 0 Å². The number of carbonyl (C=O) groups is 3. The first-order valence-corrected chi connectivity index (χ1v) is 10.8. The van der Waals surface area contributed by atoms with Gasteiger partial charge in [-0.1, -0.05) is 30.3 Å². The molecule has 3 atom stereocenters. The Labute approximate surface area is 177 Å². The topological polar surface area (TPSA) is 111 Å². The van der Waals surface area contributed by atoms with E-state index in [0.717, 1.165) is 37.7 Å². The first kappa shape index (κ1) is 20.8. The van der Waals surface area contributed by atoms with Gasteiger partial charge in [-0.05, 0) is 55.9 Å². The van der Waals surface area contributed by atoms with Crippen LogP contribution < -0.4 is 16.4 Å². The third-order valence-electron chi connectivity index (χ3n) is 7.19. The smallest absolute Gasteiger partial charge is 0.311 e. The molecule has 4 N–H and O–H groups in total. The van der Waals surface area contributed by atoms with E-state index in [2.05, 4.69) is 10.6 Å². The van der Waals surface area contributed by atoms with Crippen molar-refractivity contribution < 1.29 is 19.1 Å². The molecule has 0 saturated heterocycles. The first-order chi connectivity index (χ1) is 14.4. The van der Waals surface area contributed by atoms with Crippen LogP contribution in [0.15, 0.2) is 30.3 Å². The van der Waals surface area contributed by atoms with Gasteiger partial charge in [0.15, 0.2) is 0 Å². The van der Waals surface area contributed by atoms with Gasteiger partial charge in [-0.15, -0.1) is 0 Å². The maximum atomic E-state index is 13.3. The van der Waals surface area contributed by atoms with E-state index in [-0.39, 0.29) is 24.3 Å². The highest BCUT2D eigenvalue weighted by molar-refractivity contribution is 5.89. The maximum absolute atomic E-state index is 13.3. The molecule has 1 aromatic rings. The summed E-state index contributed by atoms with van der Waals surface area (Å²) in [6.07, 6.45) is 5.61. The molecule has 0 radical (unpaired) electrons. The first-order valence-electron chi connectivity index (χ1n) is 10.8. The summed E-state index contributed by atoms with van der Waals surface area (Å²) in [5, 5.41) is 6.05. The minimum absolute atomic E-state index is 0.146. The lowest BCUT2D eigenvalue weighted by Gasteiger charge is -2.60. The van der Waals surface area contributed by atoms with Gasteiger partial charge in [-0.3, -0.25) is 14.4 Å². The zero-order chi connectivity index (χ0) is 21.4. The molecule has 4 aliphatic carbocycles. The highest BCUT2D eigenvalue weighted by Crippen LogP contribution is 2.62. The standard InChI is InChI=1S/C23H31N3O4/c1-30-21(29)22-9-16-7-17(10-22)12-23(11-16,14-22)26-20(28)18(25-19(27)13-24)8-15-5-3-2-4-6-15/h2-6,16-18H,7-14,24H2,1H3,(H,25,27)(H,26,28)/t16-,17-,18+,22?,23?/m0/s1. The van der Waals surface area contributed by atoms with E-state index >= 15 is 0 Å². The van der Waals surface area contributed by atoms with Crippen LogP contribution in [0.2, 0.25) is 0 Å². The summed E-state index contributed by atoms with van der Waals surface area (Å²) >= 11 is 0. The van der Waals surface area contributed by atoms with Gasteiger partial charge in [0.2, 0.25) is 11.8 Å². The average Bonchev–Trinajstić information content (AvgIpc) is 2.71. The molecule has 7 heteroatoms. The number of nitrogens with one attached hydrogen (secondary N) is 2. The predicted molar refractivity (Wildman–Crippen MR) is 111 cm³/mol. The van der Waals surface area contributed by atoms with Crippen LogP contribution in [-0.4, -0.2) is 43.0 Å². The summed E-state index contributed by atoms with van der Waals surface area (Å²) in [7, 11) is 1.45. The van der Waals surface area contributed by atoms with Gasteiger partial charge < -0.3 is 21.1 Å². The average molecular weight is 414 g/mol. The van der Waals surface area contributed by atoms with Crippen molar-refractivity contribution in [2.24, 2.45) is 23.0 Å². The number of rotatable bonds is 7. The molecule has 30 heavy (non-hydrogen) atoms. The van der Waals surface area contributed by atoms with Gasteiger partial charge in [-0.25, -0.2) is 0 Å². The Bertz CT molecular complexity index is 811. The minimum atomic E-state index is -0.703. The van der Waals surface area contributed by atoms with Crippen LogP contribution in [-0.2, 0) is 25.5 Å². The van der Waals surface area contributed by atoms with Gasteiger partial charge in [-0.2, -0.15) is 0 Å². The van der Waals surface area contributed by atoms with Crippen molar-refractivity contribution in [1.29, 1.82) is 0 Å². The molecule has 4 fully saturated rings.